The van der Waals surface area contributed by atoms with Gasteiger partial charge in [-0.1, -0.05) is 0 Å². The first-order chi connectivity index (χ1) is 10.9. The molecule has 2 heteroatoms. The summed E-state index contributed by atoms with van der Waals surface area (Å²) in [5.41, 5.74) is 3.85. The molecule has 0 N–H and O–H groups in total. The number of benzene rings is 2. The Hall–Kier alpha value is -1.78. The zero-order valence-corrected chi connectivity index (χ0v) is 14.1. The summed E-state index contributed by atoms with van der Waals surface area (Å²) in [5.74, 6) is 6.51. The van der Waals surface area contributed by atoms with Crippen LogP contribution in [-0.2, 0) is 11.3 Å². The van der Waals surface area contributed by atoms with E-state index in [1.54, 1.807) is 0 Å². The number of hydrogen-bond acceptors (Lipinski definition) is 1. The molecule has 0 radical (unpaired) electrons. The van der Waals surface area contributed by atoms with Crippen LogP contribution in [0.3, 0.4) is 0 Å². The topological polar surface area (TPSA) is 9.23 Å². The molecule has 1 aliphatic rings. The number of rotatable bonds is 4. The number of ether oxygens (including phenoxy) is 1. The van der Waals surface area contributed by atoms with Crippen molar-refractivity contribution in [3.05, 3.63) is 77.4 Å². The van der Waals surface area contributed by atoms with Crippen molar-refractivity contribution >= 4 is 19.4 Å². The summed E-state index contributed by atoms with van der Waals surface area (Å²) in [7, 11) is 0. The molecule has 2 aromatic carbocycles. The van der Waals surface area contributed by atoms with Gasteiger partial charge in [-0.15, -0.1) is 0 Å². The van der Waals surface area contributed by atoms with Crippen molar-refractivity contribution in [1.82, 2.24) is 0 Å². The maximum absolute atomic E-state index is 5.63. The van der Waals surface area contributed by atoms with E-state index in [1.807, 2.05) is 18.2 Å². The molecule has 0 saturated heterocycles. The SMILES string of the molecule is C(#CC1=C(c2ccccc2)[Se]CC1)COCc1ccccc1. The average Bonchev–Trinajstić information content (AvgIpc) is 3.05. The molecule has 0 aromatic heterocycles. The van der Waals surface area contributed by atoms with Gasteiger partial charge in [0.25, 0.3) is 0 Å². The Balaban J connectivity index is 1.58. The van der Waals surface area contributed by atoms with Crippen molar-refractivity contribution in [3.8, 4) is 11.8 Å². The second-order valence-electron chi connectivity index (χ2n) is 5.05. The minimum atomic E-state index is 0.494. The van der Waals surface area contributed by atoms with Gasteiger partial charge in [-0.3, -0.25) is 0 Å². The summed E-state index contributed by atoms with van der Waals surface area (Å²) in [6.07, 6.45) is 1.12. The third-order valence-corrected chi connectivity index (χ3v) is 5.91. The Morgan fingerprint density at radius 2 is 1.68 bits per heavy atom. The molecule has 0 aliphatic carbocycles. The van der Waals surface area contributed by atoms with Gasteiger partial charge in [0.1, 0.15) is 0 Å². The number of allylic oxidation sites excluding steroid dienone is 1. The Bertz CT molecular complexity index is 693. The van der Waals surface area contributed by atoms with E-state index in [0.717, 1.165) is 6.42 Å². The first-order valence-corrected chi connectivity index (χ1v) is 9.52. The van der Waals surface area contributed by atoms with Crippen molar-refractivity contribution in [2.75, 3.05) is 6.61 Å². The van der Waals surface area contributed by atoms with Crippen LogP contribution < -0.4 is 0 Å². The monoisotopic (exact) mass is 354 g/mol. The van der Waals surface area contributed by atoms with Gasteiger partial charge in [-0.25, -0.2) is 0 Å². The molecule has 0 saturated carbocycles. The first-order valence-electron chi connectivity index (χ1n) is 7.45. The fourth-order valence-electron chi connectivity index (χ4n) is 2.36. The second kappa shape index (κ2) is 8.01. The van der Waals surface area contributed by atoms with Crippen molar-refractivity contribution in [1.29, 1.82) is 0 Å². The van der Waals surface area contributed by atoms with Crippen LogP contribution in [0, 0.1) is 11.8 Å². The molecule has 0 atom stereocenters. The van der Waals surface area contributed by atoms with Gasteiger partial charge in [-0.2, -0.15) is 0 Å². The van der Waals surface area contributed by atoms with E-state index >= 15 is 0 Å². The zero-order chi connectivity index (χ0) is 15.0. The van der Waals surface area contributed by atoms with Crippen LogP contribution in [0.5, 0.6) is 0 Å². The Morgan fingerprint density at radius 1 is 0.955 bits per heavy atom. The van der Waals surface area contributed by atoms with Gasteiger partial charge in [0.2, 0.25) is 0 Å². The zero-order valence-electron chi connectivity index (χ0n) is 12.4. The minimum absolute atomic E-state index is 0.494. The molecule has 0 amide bonds. The summed E-state index contributed by atoms with van der Waals surface area (Å²) in [6, 6.07) is 20.9. The van der Waals surface area contributed by atoms with Gasteiger partial charge < -0.3 is 0 Å². The van der Waals surface area contributed by atoms with Gasteiger partial charge >= 0.3 is 138 Å². The fourth-order valence-corrected chi connectivity index (χ4v) is 4.75. The van der Waals surface area contributed by atoms with Crippen LogP contribution in [0.15, 0.2) is 66.2 Å². The summed E-state index contributed by atoms with van der Waals surface area (Å²) in [4.78, 5) is 0. The van der Waals surface area contributed by atoms with E-state index in [-0.39, 0.29) is 0 Å². The Kier molecular flexibility index (Phi) is 5.51. The molecule has 0 bridgehead atoms. The first kappa shape index (κ1) is 15.1. The molecule has 1 nitrogen and oxygen atoms in total. The van der Waals surface area contributed by atoms with Crippen LogP contribution in [0.25, 0.3) is 4.47 Å². The molecule has 0 spiro atoms. The van der Waals surface area contributed by atoms with Crippen molar-refractivity contribution in [2.24, 2.45) is 0 Å². The molecule has 1 heterocycles. The molecule has 0 fully saturated rings. The van der Waals surface area contributed by atoms with E-state index in [4.69, 9.17) is 4.74 Å². The predicted molar refractivity (Wildman–Crippen MR) is 92.4 cm³/mol. The third kappa shape index (κ3) is 4.12. The van der Waals surface area contributed by atoms with E-state index < -0.39 is 0 Å². The molecule has 0 unspecified atom stereocenters. The molecule has 1 aliphatic heterocycles. The van der Waals surface area contributed by atoms with Crippen LogP contribution in [0.4, 0.5) is 0 Å². The van der Waals surface area contributed by atoms with Gasteiger partial charge in [0.05, 0.1) is 0 Å². The molecule has 22 heavy (non-hydrogen) atoms. The predicted octanol–water partition coefficient (Wildman–Crippen LogP) is 4.14. The van der Waals surface area contributed by atoms with Gasteiger partial charge in [-0.05, 0) is 0 Å². The molecular weight excluding hydrogens is 335 g/mol. The summed E-state index contributed by atoms with van der Waals surface area (Å²) in [6.45, 7) is 1.12. The van der Waals surface area contributed by atoms with E-state index in [1.165, 1.54) is 26.5 Å². The quantitative estimate of drug-likeness (QED) is 0.456. The van der Waals surface area contributed by atoms with E-state index in [0.29, 0.717) is 28.2 Å². The van der Waals surface area contributed by atoms with Gasteiger partial charge in [0.15, 0.2) is 0 Å². The molecular formula is C20H18OSe. The van der Waals surface area contributed by atoms with Crippen molar-refractivity contribution in [3.63, 3.8) is 0 Å². The van der Waals surface area contributed by atoms with E-state index in [9.17, 15) is 0 Å². The summed E-state index contributed by atoms with van der Waals surface area (Å²) < 4.78 is 7.10. The molecule has 3 rings (SSSR count). The van der Waals surface area contributed by atoms with Crippen LogP contribution >= 0.6 is 0 Å². The summed E-state index contributed by atoms with van der Waals surface area (Å²) >= 11 is 0.566. The second-order valence-corrected chi connectivity index (χ2v) is 7.37. The van der Waals surface area contributed by atoms with Crippen molar-refractivity contribution < 1.29 is 4.74 Å². The van der Waals surface area contributed by atoms with Crippen LogP contribution in [0.1, 0.15) is 17.5 Å². The van der Waals surface area contributed by atoms with E-state index in [2.05, 4.69) is 54.3 Å². The maximum atomic E-state index is 5.63. The standard InChI is InChI=1S/C20H18OSe/c1-3-8-17(9-4-1)16-21-14-7-12-19-13-15-22-20(19)18-10-5-2-6-11-18/h1-6,8-11H,13-16H2. The average molecular weight is 353 g/mol. The fraction of sp³-hybridized carbons (Fsp3) is 0.200. The van der Waals surface area contributed by atoms with Crippen molar-refractivity contribution in [2.45, 2.75) is 18.3 Å². The summed E-state index contributed by atoms with van der Waals surface area (Å²) in [5, 5.41) is 1.27. The molecule has 110 valence electrons. The van der Waals surface area contributed by atoms with Crippen LogP contribution in [-0.4, -0.2) is 21.6 Å². The Labute approximate surface area is 138 Å². The normalized spacial score (nSPS) is 13.8. The number of hydrogen-bond donors (Lipinski definition) is 0. The van der Waals surface area contributed by atoms with Crippen LogP contribution in [0.2, 0.25) is 5.32 Å². The van der Waals surface area contributed by atoms with Gasteiger partial charge in [0, 0.05) is 0 Å². The molecule has 2 aromatic rings. The Morgan fingerprint density at radius 3 is 2.45 bits per heavy atom. The third-order valence-electron chi connectivity index (χ3n) is 3.43.